The van der Waals surface area contributed by atoms with Crippen LogP contribution in [0.2, 0.25) is 5.02 Å². The Morgan fingerprint density at radius 2 is 1.74 bits per heavy atom. The zero-order chi connectivity index (χ0) is 13.4. The van der Waals surface area contributed by atoms with Crippen molar-refractivity contribution in [3.63, 3.8) is 0 Å². The molecular formula is C13H18Cl2N2O2. The van der Waals surface area contributed by atoms with Crippen LogP contribution < -0.4 is 11.1 Å². The largest absolute Gasteiger partial charge is 0.330 e. The molecule has 0 saturated carbocycles. The van der Waals surface area contributed by atoms with Crippen molar-refractivity contribution in [2.24, 2.45) is 5.73 Å². The molecule has 0 aliphatic heterocycles. The third kappa shape index (κ3) is 7.15. The lowest BCUT2D eigenvalue weighted by Crippen LogP contribution is -2.30. The van der Waals surface area contributed by atoms with Crippen molar-refractivity contribution in [2.45, 2.75) is 25.7 Å². The Morgan fingerprint density at radius 3 is 2.32 bits per heavy atom. The number of carbonyl (C=O) groups excluding carboxylic acids is 2. The summed E-state index contributed by atoms with van der Waals surface area (Å²) < 4.78 is 0. The second-order valence-corrected chi connectivity index (χ2v) is 4.42. The van der Waals surface area contributed by atoms with Gasteiger partial charge in [0.2, 0.25) is 5.91 Å². The second kappa shape index (κ2) is 9.78. The highest BCUT2D eigenvalue weighted by Gasteiger charge is 2.09. The molecular weight excluding hydrogens is 287 g/mol. The van der Waals surface area contributed by atoms with E-state index < -0.39 is 5.91 Å². The molecule has 0 spiro atoms. The Bertz CT molecular complexity index is 408. The van der Waals surface area contributed by atoms with Crippen LogP contribution >= 0.6 is 24.0 Å². The first-order valence-corrected chi connectivity index (χ1v) is 6.31. The molecule has 0 fully saturated rings. The van der Waals surface area contributed by atoms with Gasteiger partial charge in [-0.25, -0.2) is 0 Å². The van der Waals surface area contributed by atoms with Crippen LogP contribution in [0.5, 0.6) is 0 Å². The number of benzene rings is 1. The summed E-state index contributed by atoms with van der Waals surface area (Å²) >= 11 is 5.71. The van der Waals surface area contributed by atoms with Crippen molar-refractivity contribution in [2.75, 3.05) is 6.54 Å². The summed E-state index contributed by atoms with van der Waals surface area (Å²) in [6, 6.07) is 6.39. The molecule has 0 saturated heterocycles. The Labute approximate surface area is 124 Å². The molecule has 0 heterocycles. The predicted molar refractivity (Wildman–Crippen MR) is 78.7 cm³/mol. The first-order valence-electron chi connectivity index (χ1n) is 5.93. The molecule has 0 atom stereocenters. The standard InChI is InChI=1S/C13H17ClN2O2.ClH/c14-11-7-5-10(6-8-11)13(18)16-12(17)4-2-1-3-9-15;/h5-8H,1-4,9,15H2,(H,16,17,18);1H. The van der Waals surface area contributed by atoms with Gasteiger partial charge < -0.3 is 5.73 Å². The fraction of sp³-hybridized carbons (Fsp3) is 0.385. The Balaban J connectivity index is 0.00000324. The maximum Gasteiger partial charge on any atom is 0.257 e. The average molecular weight is 305 g/mol. The number of nitrogens with two attached hydrogens (primary N) is 1. The lowest BCUT2D eigenvalue weighted by molar-refractivity contribution is -0.120. The summed E-state index contributed by atoms with van der Waals surface area (Å²) in [7, 11) is 0. The number of rotatable bonds is 6. The van der Waals surface area contributed by atoms with E-state index in [1.807, 2.05) is 0 Å². The van der Waals surface area contributed by atoms with E-state index in [9.17, 15) is 9.59 Å². The van der Waals surface area contributed by atoms with Crippen LogP contribution in [0, 0.1) is 0 Å². The molecule has 4 nitrogen and oxygen atoms in total. The summed E-state index contributed by atoms with van der Waals surface area (Å²) in [6.45, 7) is 0.630. The number of amides is 2. The van der Waals surface area contributed by atoms with Gasteiger partial charge in [-0.3, -0.25) is 14.9 Å². The fourth-order valence-corrected chi connectivity index (χ4v) is 1.60. The van der Waals surface area contributed by atoms with Crippen molar-refractivity contribution in [3.05, 3.63) is 34.9 Å². The molecule has 0 aliphatic rings. The fourth-order valence-electron chi connectivity index (χ4n) is 1.47. The highest BCUT2D eigenvalue weighted by Crippen LogP contribution is 2.09. The minimum Gasteiger partial charge on any atom is -0.330 e. The van der Waals surface area contributed by atoms with E-state index in [0.717, 1.165) is 19.3 Å². The number of hydrogen-bond donors (Lipinski definition) is 2. The zero-order valence-corrected chi connectivity index (χ0v) is 12.1. The number of hydrogen-bond acceptors (Lipinski definition) is 3. The van der Waals surface area contributed by atoms with Gasteiger partial charge in [0.05, 0.1) is 0 Å². The van der Waals surface area contributed by atoms with Gasteiger partial charge in [0, 0.05) is 17.0 Å². The minimum atomic E-state index is -0.393. The number of unbranched alkanes of at least 4 members (excludes halogenated alkanes) is 2. The number of imide groups is 1. The van der Waals surface area contributed by atoms with Gasteiger partial charge in [-0.2, -0.15) is 0 Å². The van der Waals surface area contributed by atoms with Gasteiger partial charge in [-0.1, -0.05) is 18.0 Å². The van der Waals surface area contributed by atoms with E-state index in [0.29, 0.717) is 23.6 Å². The maximum atomic E-state index is 11.7. The summed E-state index contributed by atoms with van der Waals surface area (Å²) in [5.41, 5.74) is 5.77. The predicted octanol–water partition coefficient (Wildman–Crippen LogP) is 2.54. The molecule has 19 heavy (non-hydrogen) atoms. The summed E-state index contributed by atoms with van der Waals surface area (Å²) in [5, 5.41) is 2.90. The molecule has 3 N–H and O–H groups in total. The molecule has 1 aromatic carbocycles. The molecule has 0 bridgehead atoms. The van der Waals surface area contributed by atoms with E-state index >= 15 is 0 Å². The van der Waals surface area contributed by atoms with Gasteiger partial charge in [0.15, 0.2) is 0 Å². The number of halogens is 2. The van der Waals surface area contributed by atoms with Crippen molar-refractivity contribution in [1.29, 1.82) is 0 Å². The molecule has 106 valence electrons. The van der Waals surface area contributed by atoms with Crippen LogP contribution in [-0.4, -0.2) is 18.4 Å². The average Bonchev–Trinajstić information content (AvgIpc) is 2.35. The first-order chi connectivity index (χ1) is 8.63. The minimum absolute atomic E-state index is 0. The van der Waals surface area contributed by atoms with E-state index in [2.05, 4.69) is 5.32 Å². The molecule has 0 aromatic heterocycles. The van der Waals surface area contributed by atoms with Gasteiger partial charge in [0.25, 0.3) is 5.91 Å². The second-order valence-electron chi connectivity index (χ2n) is 3.98. The van der Waals surface area contributed by atoms with E-state index in [1.54, 1.807) is 24.3 Å². The van der Waals surface area contributed by atoms with Crippen molar-refractivity contribution < 1.29 is 9.59 Å². The van der Waals surface area contributed by atoms with E-state index in [4.69, 9.17) is 17.3 Å². The summed E-state index contributed by atoms with van der Waals surface area (Å²) in [6.07, 6.45) is 2.90. The van der Waals surface area contributed by atoms with Gasteiger partial charge in [0.1, 0.15) is 0 Å². The lowest BCUT2D eigenvalue weighted by atomic mass is 10.1. The van der Waals surface area contributed by atoms with Crippen LogP contribution in [0.1, 0.15) is 36.0 Å². The highest BCUT2D eigenvalue weighted by molar-refractivity contribution is 6.30. The SMILES string of the molecule is Cl.NCCCCCC(=O)NC(=O)c1ccc(Cl)cc1. The quantitative estimate of drug-likeness (QED) is 0.793. The third-order valence-electron chi connectivity index (χ3n) is 2.47. The molecule has 2 amide bonds. The Morgan fingerprint density at radius 1 is 1.11 bits per heavy atom. The Hall–Kier alpha value is -1.10. The summed E-state index contributed by atoms with van der Waals surface area (Å²) in [4.78, 5) is 23.1. The van der Waals surface area contributed by atoms with Gasteiger partial charge in [-0.15, -0.1) is 12.4 Å². The smallest absolute Gasteiger partial charge is 0.257 e. The van der Waals surface area contributed by atoms with E-state index in [-0.39, 0.29) is 18.3 Å². The van der Waals surface area contributed by atoms with Crippen molar-refractivity contribution in [1.82, 2.24) is 5.32 Å². The highest BCUT2D eigenvalue weighted by atomic mass is 35.5. The molecule has 6 heteroatoms. The topological polar surface area (TPSA) is 72.2 Å². The molecule has 0 aliphatic carbocycles. The summed E-state index contributed by atoms with van der Waals surface area (Å²) in [5.74, 6) is -0.650. The number of carbonyl (C=O) groups is 2. The molecule has 1 aromatic rings. The van der Waals surface area contributed by atoms with Crippen LogP contribution in [0.25, 0.3) is 0 Å². The van der Waals surface area contributed by atoms with Crippen LogP contribution in [0.3, 0.4) is 0 Å². The first kappa shape index (κ1) is 17.9. The Kier molecular flexibility index (Phi) is 9.21. The normalized spacial score (nSPS) is 9.58. The zero-order valence-electron chi connectivity index (χ0n) is 10.5. The molecule has 0 unspecified atom stereocenters. The molecule has 0 radical (unpaired) electrons. The number of nitrogens with one attached hydrogen (secondary N) is 1. The van der Waals surface area contributed by atoms with Crippen LogP contribution in [0.15, 0.2) is 24.3 Å². The van der Waals surface area contributed by atoms with Crippen LogP contribution in [-0.2, 0) is 4.79 Å². The van der Waals surface area contributed by atoms with Gasteiger partial charge in [-0.05, 0) is 43.7 Å². The van der Waals surface area contributed by atoms with Gasteiger partial charge >= 0.3 is 0 Å². The lowest BCUT2D eigenvalue weighted by Gasteiger charge is -2.04. The van der Waals surface area contributed by atoms with Crippen molar-refractivity contribution in [3.8, 4) is 0 Å². The van der Waals surface area contributed by atoms with Crippen LogP contribution in [0.4, 0.5) is 0 Å². The monoisotopic (exact) mass is 304 g/mol. The third-order valence-corrected chi connectivity index (χ3v) is 2.72. The van der Waals surface area contributed by atoms with E-state index in [1.165, 1.54) is 0 Å². The van der Waals surface area contributed by atoms with Crippen molar-refractivity contribution >= 4 is 35.8 Å². The maximum absolute atomic E-state index is 11.7. The molecule has 1 rings (SSSR count).